The lowest BCUT2D eigenvalue weighted by molar-refractivity contribution is -0.118. The Hall–Kier alpha value is -3.33. The van der Waals surface area contributed by atoms with Crippen LogP contribution in [0.15, 0.2) is 55.0 Å². The molecule has 4 aromatic rings. The number of halogens is 3. The minimum absolute atomic E-state index is 0.0322. The number of hydrogen-bond acceptors (Lipinski definition) is 6. The average molecular weight is 512 g/mol. The van der Waals surface area contributed by atoms with E-state index >= 15 is 4.39 Å². The normalized spacial score (nSPS) is 14.8. The van der Waals surface area contributed by atoms with Gasteiger partial charge in [-0.05, 0) is 48.0 Å². The van der Waals surface area contributed by atoms with Gasteiger partial charge >= 0.3 is 0 Å². The van der Waals surface area contributed by atoms with Crippen molar-refractivity contribution in [3.63, 3.8) is 0 Å². The largest absolute Gasteiger partial charge is 0.378 e. The van der Waals surface area contributed by atoms with Crippen LogP contribution in [0.5, 0.6) is 0 Å². The topological polar surface area (TPSA) is 94.2 Å². The summed E-state index contributed by atoms with van der Waals surface area (Å²) < 4.78 is 20.7. The first-order valence-electron chi connectivity index (χ1n) is 10.9. The standard InChI is InChI=1S/C25H20Cl2FN5O2/c26-18-2-1-5-30-24(18)22(25(29)34)16-11-17(20(28)12-19(16)27)23-15-4-3-14(10-21(15)31-13-32-23)33-6-8-35-9-7-33/h1-5,10-13,22H,6-9H2,(H2,29,34). The molecule has 2 aromatic heterocycles. The number of ether oxygens (including phenoxy) is 1. The van der Waals surface area contributed by atoms with Crippen LogP contribution in [0, 0.1) is 5.82 Å². The van der Waals surface area contributed by atoms with E-state index in [0.717, 1.165) is 24.8 Å². The van der Waals surface area contributed by atoms with Crippen molar-refractivity contribution in [1.82, 2.24) is 15.0 Å². The lowest BCUT2D eigenvalue weighted by Crippen LogP contribution is -2.36. The van der Waals surface area contributed by atoms with Crippen molar-refractivity contribution < 1.29 is 13.9 Å². The quantitative estimate of drug-likeness (QED) is 0.421. The van der Waals surface area contributed by atoms with Crippen molar-refractivity contribution >= 4 is 45.7 Å². The monoisotopic (exact) mass is 511 g/mol. The summed E-state index contributed by atoms with van der Waals surface area (Å²) in [5, 5.41) is 0.939. The summed E-state index contributed by atoms with van der Waals surface area (Å²) in [5.74, 6) is -2.38. The maximum atomic E-state index is 15.2. The third kappa shape index (κ3) is 4.52. The Kier molecular flexibility index (Phi) is 6.51. The van der Waals surface area contributed by atoms with Gasteiger partial charge in [-0.1, -0.05) is 23.2 Å². The Bertz CT molecular complexity index is 1430. The van der Waals surface area contributed by atoms with Crippen molar-refractivity contribution in [1.29, 1.82) is 0 Å². The fourth-order valence-corrected chi connectivity index (χ4v) is 4.78. The zero-order valence-corrected chi connectivity index (χ0v) is 19.9. The smallest absolute Gasteiger partial charge is 0.231 e. The summed E-state index contributed by atoms with van der Waals surface area (Å²) in [7, 11) is 0. The molecule has 0 spiro atoms. The predicted molar refractivity (Wildman–Crippen MR) is 133 cm³/mol. The Balaban J connectivity index is 1.63. The van der Waals surface area contributed by atoms with Crippen molar-refractivity contribution in [2.45, 2.75) is 5.92 Å². The highest BCUT2D eigenvalue weighted by Gasteiger charge is 2.28. The molecule has 0 saturated carbocycles. The van der Waals surface area contributed by atoms with Crippen LogP contribution in [0.4, 0.5) is 10.1 Å². The summed E-state index contributed by atoms with van der Waals surface area (Å²) in [5.41, 5.74) is 8.43. The number of carbonyl (C=O) groups excluding carboxylic acids is 1. The van der Waals surface area contributed by atoms with Crippen LogP contribution < -0.4 is 10.6 Å². The first-order valence-corrected chi connectivity index (χ1v) is 11.7. The van der Waals surface area contributed by atoms with Gasteiger partial charge in [0, 0.05) is 40.9 Å². The second-order valence-electron chi connectivity index (χ2n) is 8.08. The molecule has 2 N–H and O–H groups in total. The van der Waals surface area contributed by atoms with Crippen molar-refractivity contribution in [2.24, 2.45) is 5.73 Å². The molecule has 1 aliphatic heterocycles. The van der Waals surface area contributed by atoms with Gasteiger partial charge in [-0.15, -0.1) is 0 Å². The number of nitrogens with two attached hydrogens (primary N) is 1. The number of aromatic nitrogens is 3. The van der Waals surface area contributed by atoms with E-state index in [1.807, 2.05) is 18.2 Å². The molecule has 1 aliphatic rings. The first kappa shape index (κ1) is 23.4. The minimum atomic E-state index is -1.07. The van der Waals surface area contributed by atoms with Crippen LogP contribution in [-0.4, -0.2) is 47.2 Å². The molecule has 0 radical (unpaired) electrons. The number of rotatable bonds is 5. The fourth-order valence-electron chi connectivity index (χ4n) is 4.29. The third-order valence-electron chi connectivity index (χ3n) is 5.99. The minimum Gasteiger partial charge on any atom is -0.378 e. The molecule has 1 saturated heterocycles. The number of pyridine rings is 1. The van der Waals surface area contributed by atoms with Gasteiger partial charge in [0.1, 0.15) is 18.1 Å². The van der Waals surface area contributed by atoms with Crippen molar-refractivity contribution in [3.05, 3.63) is 82.1 Å². The van der Waals surface area contributed by atoms with E-state index in [2.05, 4.69) is 19.9 Å². The number of anilines is 1. The van der Waals surface area contributed by atoms with E-state index in [0.29, 0.717) is 29.8 Å². The van der Waals surface area contributed by atoms with Crippen LogP contribution >= 0.6 is 23.2 Å². The Morgan fingerprint density at radius 3 is 2.60 bits per heavy atom. The molecule has 2 aromatic carbocycles. The summed E-state index contributed by atoms with van der Waals surface area (Å²) in [6.07, 6.45) is 2.88. The maximum absolute atomic E-state index is 15.2. The molecular formula is C25H20Cl2FN5O2. The molecule has 0 aliphatic carbocycles. The van der Waals surface area contributed by atoms with Gasteiger partial charge in [0.2, 0.25) is 5.91 Å². The molecule has 5 rings (SSSR count). The van der Waals surface area contributed by atoms with E-state index in [-0.39, 0.29) is 26.9 Å². The lowest BCUT2D eigenvalue weighted by atomic mass is 9.91. The summed E-state index contributed by atoms with van der Waals surface area (Å²) in [6, 6.07) is 11.6. The molecule has 10 heteroatoms. The zero-order valence-electron chi connectivity index (χ0n) is 18.4. The molecule has 0 bridgehead atoms. The Labute approximate surface area is 210 Å². The molecular weight excluding hydrogens is 492 g/mol. The summed E-state index contributed by atoms with van der Waals surface area (Å²) in [4.78, 5) is 27.7. The van der Waals surface area contributed by atoms with Crippen LogP contribution in [0.2, 0.25) is 10.0 Å². The highest BCUT2D eigenvalue weighted by atomic mass is 35.5. The van der Waals surface area contributed by atoms with E-state index in [1.54, 1.807) is 12.1 Å². The van der Waals surface area contributed by atoms with Crippen LogP contribution in [0.3, 0.4) is 0 Å². The Morgan fingerprint density at radius 1 is 1.06 bits per heavy atom. The zero-order chi connectivity index (χ0) is 24.5. The number of fused-ring (bicyclic) bond motifs is 1. The fraction of sp³-hybridized carbons (Fsp3) is 0.200. The van der Waals surface area contributed by atoms with E-state index < -0.39 is 17.6 Å². The lowest BCUT2D eigenvalue weighted by Gasteiger charge is -2.29. The molecule has 178 valence electrons. The van der Waals surface area contributed by atoms with Crippen molar-refractivity contribution in [3.8, 4) is 11.3 Å². The van der Waals surface area contributed by atoms with Gasteiger partial charge in [0.05, 0.1) is 35.1 Å². The third-order valence-corrected chi connectivity index (χ3v) is 6.64. The number of carbonyl (C=O) groups is 1. The van der Waals surface area contributed by atoms with Gasteiger partial charge in [0.15, 0.2) is 0 Å². The highest BCUT2D eigenvalue weighted by molar-refractivity contribution is 6.33. The molecule has 1 unspecified atom stereocenters. The molecule has 1 atom stereocenters. The molecule has 35 heavy (non-hydrogen) atoms. The van der Waals surface area contributed by atoms with E-state index in [1.165, 1.54) is 18.6 Å². The number of benzene rings is 2. The number of primary amides is 1. The summed E-state index contributed by atoms with van der Waals surface area (Å²) in [6.45, 7) is 2.88. The average Bonchev–Trinajstić information content (AvgIpc) is 2.86. The van der Waals surface area contributed by atoms with Crippen LogP contribution in [0.1, 0.15) is 17.2 Å². The number of hydrogen-bond donors (Lipinski definition) is 1. The molecule has 1 amide bonds. The van der Waals surface area contributed by atoms with Gasteiger partial charge in [-0.25, -0.2) is 14.4 Å². The van der Waals surface area contributed by atoms with Gasteiger partial charge in [0.25, 0.3) is 0 Å². The van der Waals surface area contributed by atoms with Crippen LogP contribution in [-0.2, 0) is 9.53 Å². The maximum Gasteiger partial charge on any atom is 0.231 e. The predicted octanol–water partition coefficient (Wildman–Crippen LogP) is 4.59. The first-order chi connectivity index (χ1) is 16.9. The van der Waals surface area contributed by atoms with Crippen molar-refractivity contribution in [2.75, 3.05) is 31.2 Å². The SMILES string of the molecule is NC(=O)C(c1cc(-c2ncnc3cc(N4CCOCC4)ccc23)c(F)cc1Cl)c1ncccc1Cl. The second-order valence-corrected chi connectivity index (χ2v) is 8.90. The van der Waals surface area contributed by atoms with E-state index in [9.17, 15) is 4.79 Å². The number of nitrogens with zero attached hydrogens (tertiary/aromatic N) is 4. The molecule has 3 heterocycles. The summed E-state index contributed by atoms with van der Waals surface area (Å²) >= 11 is 12.7. The van der Waals surface area contributed by atoms with E-state index in [4.69, 9.17) is 33.7 Å². The number of amides is 1. The molecule has 7 nitrogen and oxygen atoms in total. The van der Waals surface area contributed by atoms with Gasteiger partial charge in [-0.3, -0.25) is 9.78 Å². The highest BCUT2D eigenvalue weighted by Crippen LogP contribution is 2.38. The number of morpholine rings is 1. The Morgan fingerprint density at radius 2 is 1.86 bits per heavy atom. The van der Waals surface area contributed by atoms with Crippen LogP contribution in [0.25, 0.3) is 22.2 Å². The second kappa shape index (κ2) is 9.73. The van der Waals surface area contributed by atoms with Gasteiger partial charge in [-0.2, -0.15) is 0 Å². The molecule has 1 fully saturated rings. The van der Waals surface area contributed by atoms with Gasteiger partial charge < -0.3 is 15.4 Å².